The molecular formula is C42H32N2. The first-order valence-electron chi connectivity index (χ1n) is 15.0. The van der Waals surface area contributed by atoms with Gasteiger partial charge in [-0.2, -0.15) is 0 Å². The minimum Gasteiger partial charge on any atom is -0.248 e. The summed E-state index contributed by atoms with van der Waals surface area (Å²) in [5.74, 6) is 0. The van der Waals surface area contributed by atoms with Gasteiger partial charge in [0.05, 0.1) is 22.8 Å². The van der Waals surface area contributed by atoms with Gasteiger partial charge in [-0.05, 0) is 78.6 Å². The van der Waals surface area contributed by atoms with Crippen LogP contribution >= 0.6 is 0 Å². The molecule has 0 saturated carbocycles. The van der Waals surface area contributed by atoms with Crippen LogP contribution in [-0.2, 0) is 0 Å². The number of hydrogen-bond donors (Lipinski definition) is 0. The lowest BCUT2D eigenvalue weighted by Gasteiger charge is -2.13. The Morgan fingerprint density at radius 1 is 0.273 bits per heavy atom. The highest BCUT2D eigenvalue weighted by atomic mass is 14.7. The second-order valence-electron chi connectivity index (χ2n) is 11.3. The van der Waals surface area contributed by atoms with Crippen LogP contribution in [0.3, 0.4) is 0 Å². The second kappa shape index (κ2) is 11.9. The van der Waals surface area contributed by atoms with Gasteiger partial charge in [-0.15, -0.1) is 0 Å². The molecule has 0 saturated heterocycles. The van der Waals surface area contributed by atoms with E-state index in [1.807, 2.05) is 12.1 Å². The van der Waals surface area contributed by atoms with Crippen molar-refractivity contribution in [1.82, 2.24) is 9.97 Å². The predicted molar refractivity (Wildman–Crippen MR) is 184 cm³/mol. The van der Waals surface area contributed by atoms with Crippen LogP contribution in [0.25, 0.3) is 67.3 Å². The van der Waals surface area contributed by atoms with Gasteiger partial charge in [-0.3, -0.25) is 0 Å². The minimum absolute atomic E-state index is 0.960. The molecule has 7 aromatic rings. The van der Waals surface area contributed by atoms with Crippen molar-refractivity contribution in [2.75, 3.05) is 0 Å². The van der Waals surface area contributed by atoms with E-state index < -0.39 is 0 Å². The Bertz CT molecular complexity index is 1930. The molecule has 2 aromatic heterocycles. The van der Waals surface area contributed by atoms with E-state index in [4.69, 9.17) is 9.97 Å². The van der Waals surface area contributed by atoms with E-state index in [-0.39, 0.29) is 0 Å². The Morgan fingerprint density at radius 2 is 0.614 bits per heavy atom. The van der Waals surface area contributed by atoms with Gasteiger partial charge in [0.2, 0.25) is 0 Å². The maximum absolute atomic E-state index is 5.11. The summed E-state index contributed by atoms with van der Waals surface area (Å²) in [6, 6.07) is 55.6. The van der Waals surface area contributed by atoms with E-state index >= 15 is 0 Å². The van der Waals surface area contributed by atoms with Crippen molar-refractivity contribution in [1.29, 1.82) is 0 Å². The first-order valence-corrected chi connectivity index (χ1v) is 15.0. The lowest BCUT2D eigenvalue weighted by molar-refractivity contribution is 1.31. The van der Waals surface area contributed by atoms with Crippen LogP contribution in [0.1, 0.15) is 11.1 Å². The topological polar surface area (TPSA) is 25.8 Å². The highest BCUT2D eigenvalue weighted by Gasteiger charge is 2.13. The van der Waals surface area contributed by atoms with Gasteiger partial charge >= 0.3 is 0 Å². The third-order valence-electron chi connectivity index (χ3n) is 7.95. The average molecular weight is 565 g/mol. The number of aryl methyl sites for hydroxylation is 2. The average Bonchev–Trinajstić information content (AvgIpc) is 3.09. The standard InChI is InChI=1S/C42H32N2/c1-29-12-9-20-35(22-29)41-27-37(25-39(43-41)31-14-5-3-6-15-31)33-18-11-19-34(24-33)38-26-40(32-16-7-4-8-17-32)44-42(28-38)36-21-10-13-30(2)23-36/h3-28H,1-2H3. The van der Waals surface area contributed by atoms with Crippen LogP contribution in [0, 0.1) is 13.8 Å². The van der Waals surface area contributed by atoms with Crippen molar-refractivity contribution in [3.05, 3.63) is 169 Å². The van der Waals surface area contributed by atoms with E-state index in [0.29, 0.717) is 0 Å². The summed E-state index contributed by atoms with van der Waals surface area (Å²) in [6.07, 6.45) is 0. The molecule has 0 atom stereocenters. The van der Waals surface area contributed by atoms with Crippen molar-refractivity contribution in [2.45, 2.75) is 13.8 Å². The molecule has 0 spiro atoms. The fourth-order valence-electron chi connectivity index (χ4n) is 5.69. The lowest BCUT2D eigenvalue weighted by Crippen LogP contribution is -1.93. The molecule has 210 valence electrons. The van der Waals surface area contributed by atoms with Crippen molar-refractivity contribution in [2.24, 2.45) is 0 Å². The van der Waals surface area contributed by atoms with Gasteiger partial charge in [0.1, 0.15) is 0 Å². The summed E-state index contributed by atoms with van der Waals surface area (Å²) >= 11 is 0. The van der Waals surface area contributed by atoms with Gasteiger partial charge < -0.3 is 0 Å². The van der Waals surface area contributed by atoms with Crippen molar-refractivity contribution in [3.8, 4) is 67.3 Å². The van der Waals surface area contributed by atoms with Crippen LogP contribution in [0.15, 0.2) is 158 Å². The second-order valence-corrected chi connectivity index (χ2v) is 11.3. The highest BCUT2D eigenvalue weighted by Crippen LogP contribution is 2.35. The van der Waals surface area contributed by atoms with Crippen LogP contribution in [0.4, 0.5) is 0 Å². The number of benzene rings is 5. The molecule has 2 heteroatoms. The van der Waals surface area contributed by atoms with Crippen LogP contribution in [-0.4, -0.2) is 9.97 Å². The van der Waals surface area contributed by atoms with Crippen LogP contribution in [0.2, 0.25) is 0 Å². The van der Waals surface area contributed by atoms with E-state index in [1.165, 1.54) is 11.1 Å². The summed E-state index contributed by atoms with van der Waals surface area (Å²) < 4.78 is 0. The molecular weight excluding hydrogens is 532 g/mol. The van der Waals surface area contributed by atoms with Crippen molar-refractivity contribution < 1.29 is 0 Å². The molecule has 2 heterocycles. The summed E-state index contributed by atoms with van der Waals surface area (Å²) in [7, 11) is 0. The maximum atomic E-state index is 5.11. The molecule has 0 aliphatic rings. The summed E-state index contributed by atoms with van der Waals surface area (Å²) in [5, 5.41) is 0. The van der Waals surface area contributed by atoms with Crippen molar-refractivity contribution >= 4 is 0 Å². The zero-order valence-electron chi connectivity index (χ0n) is 24.9. The van der Waals surface area contributed by atoms with Gasteiger partial charge in [-0.1, -0.05) is 126 Å². The largest absolute Gasteiger partial charge is 0.248 e. The maximum Gasteiger partial charge on any atom is 0.0715 e. The molecule has 0 aliphatic carbocycles. The van der Waals surface area contributed by atoms with E-state index in [0.717, 1.165) is 67.3 Å². The van der Waals surface area contributed by atoms with Gasteiger partial charge in [0, 0.05) is 22.3 Å². The van der Waals surface area contributed by atoms with Crippen molar-refractivity contribution in [3.63, 3.8) is 0 Å². The molecule has 0 bridgehead atoms. The summed E-state index contributed by atoms with van der Waals surface area (Å²) in [5.41, 5.74) is 15.3. The molecule has 0 unspecified atom stereocenters. The number of rotatable bonds is 6. The zero-order chi connectivity index (χ0) is 29.9. The first kappa shape index (κ1) is 27.2. The van der Waals surface area contributed by atoms with Crippen LogP contribution in [0.5, 0.6) is 0 Å². The lowest BCUT2D eigenvalue weighted by atomic mass is 9.95. The molecule has 2 nitrogen and oxygen atoms in total. The summed E-state index contributed by atoms with van der Waals surface area (Å²) in [4.78, 5) is 10.2. The normalized spacial score (nSPS) is 11.0. The van der Waals surface area contributed by atoms with Gasteiger partial charge in [0.15, 0.2) is 0 Å². The third-order valence-corrected chi connectivity index (χ3v) is 7.95. The first-order chi connectivity index (χ1) is 21.6. The summed E-state index contributed by atoms with van der Waals surface area (Å²) in [6.45, 7) is 4.25. The highest BCUT2D eigenvalue weighted by molar-refractivity contribution is 5.82. The number of hydrogen-bond acceptors (Lipinski definition) is 2. The smallest absolute Gasteiger partial charge is 0.0715 e. The fraction of sp³-hybridized carbons (Fsp3) is 0.0476. The Hall–Kier alpha value is -5.60. The molecule has 44 heavy (non-hydrogen) atoms. The predicted octanol–water partition coefficient (Wildman–Crippen LogP) is 11.1. The van der Waals surface area contributed by atoms with E-state index in [9.17, 15) is 0 Å². The Balaban J connectivity index is 1.38. The fourth-order valence-corrected chi connectivity index (χ4v) is 5.69. The molecule has 0 aliphatic heterocycles. The van der Waals surface area contributed by atoms with Gasteiger partial charge in [0.25, 0.3) is 0 Å². The Kier molecular flexibility index (Phi) is 7.40. The van der Waals surface area contributed by atoms with Crippen LogP contribution < -0.4 is 0 Å². The molecule has 0 N–H and O–H groups in total. The minimum atomic E-state index is 0.960. The molecule has 7 rings (SSSR count). The van der Waals surface area contributed by atoms with E-state index in [2.05, 4.69) is 159 Å². The van der Waals surface area contributed by atoms with Gasteiger partial charge in [-0.25, -0.2) is 9.97 Å². The quantitative estimate of drug-likeness (QED) is 0.201. The molecule has 0 amide bonds. The zero-order valence-corrected chi connectivity index (χ0v) is 24.9. The number of pyridine rings is 2. The number of nitrogens with zero attached hydrogens (tertiary/aromatic N) is 2. The molecule has 0 fully saturated rings. The van der Waals surface area contributed by atoms with E-state index in [1.54, 1.807) is 0 Å². The number of aromatic nitrogens is 2. The molecule has 0 radical (unpaired) electrons. The Labute approximate surface area is 259 Å². The molecule has 5 aromatic carbocycles. The SMILES string of the molecule is Cc1cccc(-c2cc(-c3cccc(-c4cc(-c5ccccc5)nc(-c5cccc(C)c5)c4)c3)cc(-c3ccccc3)n2)c1. The monoisotopic (exact) mass is 564 g/mol. The Morgan fingerprint density at radius 3 is 1.02 bits per heavy atom. The third kappa shape index (κ3) is 5.84.